The number of hydrogen-bond acceptors (Lipinski definition) is 4. The lowest BCUT2D eigenvalue weighted by atomic mass is 9.87. The number of anilines is 1. The predicted molar refractivity (Wildman–Crippen MR) is 103 cm³/mol. The average Bonchev–Trinajstić information content (AvgIpc) is 2.69. The number of nitrogens with one attached hydrogen (secondary N) is 1. The minimum absolute atomic E-state index is 0.0954. The van der Waals surface area contributed by atoms with Crippen LogP contribution in [0.25, 0.3) is 0 Å². The second-order valence-corrected chi connectivity index (χ2v) is 7.09. The number of amides is 1. The van der Waals surface area contributed by atoms with E-state index < -0.39 is 6.10 Å². The van der Waals surface area contributed by atoms with Crippen LogP contribution in [0.3, 0.4) is 0 Å². The summed E-state index contributed by atoms with van der Waals surface area (Å²) in [6.45, 7) is 3.46. The van der Waals surface area contributed by atoms with Crippen LogP contribution < -0.4 is 5.32 Å². The van der Waals surface area contributed by atoms with Gasteiger partial charge in [0.2, 0.25) is 5.91 Å². The number of halogens is 1. The first kappa shape index (κ1) is 18.8. The van der Waals surface area contributed by atoms with Crippen LogP contribution >= 0.6 is 11.6 Å². The van der Waals surface area contributed by atoms with Crippen molar-refractivity contribution in [1.82, 2.24) is 9.88 Å². The molecule has 1 fully saturated rings. The van der Waals surface area contributed by atoms with Crippen molar-refractivity contribution < 1.29 is 9.90 Å². The highest BCUT2D eigenvalue weighted by molar-refractivity contribution is 6.32. The van der Waals surface area contributed by atoms with Gasteiger partial charge in [-0.15, -0.1) is 0 Å². The Hall–Kier alpha value is -1.95. The van der Waals surface area contributed by atoms with Gasteiger partial charge in [-0.2, -0.15) is 0 Å². The zero-order valence-electron chi connectivity index (χ0n) is 14.8. The van der Waals surface area contributed by atoms with Crippen LogP contribution in [0.1, 0.15) is 31.4 Å². The van der Waals surface area contributed by atoms with Crippen LogP contribution in [0, 0.1) is 5.92 Å². The summed E-state index contributed by atoms with van der Waals surface area (Å²) in [4.78, 5) is 18.6. The summed E-state index contributed by atoms with van der Waals surface area (Å²) >= 11 is 6.00. The lowest BCUT2D eigenvalue weighted by Gasteiger charge is -2.37. The SMILES string of the molecule is CC(C(=O)Nc1cccnc1Cl)N1CCC(C(O)c2ccccc2)CC1. The van der Waals surface area contributed by atoms with E-state index in [2.05, 4.69) is 15.2 Å². The van der Waals surface area contributed by atoms with Gasteiger partial charge in [0.15, 0.2) is 5.15 Å². The van der Waals surface area contributed by atoms with E-state index in [1.807, 2.05) is 37.3 Å². The maximum absolute atomic E-state index is 12.5. The average molecular weight is 374 g/mol. The molecule has 6 heteroatoms. The number of aliphatic hydroxyl groups is 1. The van der Waals surface area contributed by atoms with Crippen LogP contribution in [-0.4, -0.2) is 40.0 Å². The summed E-state index contributed by atoms with van der Waals surface area (Å²) in [5.74, 6) is 0.124. The smallest absolute Gasteiger partial charge is 0.241 e. The standard InChI is InChI=1S/C20H24ClN3O2/c1-14(20(26)23-17-8-5-11-22-19(17)21)24-12-9-16(10-13-24)18(25)15-6-3-2-4-7-15/h2-8,11,14,16,18,25H,9-10,12-13H2,1H3,(H,23,26). The molecule has 3 rings (SSSR count). The second kappa shape index (κ2) is 8.62. The molecule has 0 spiro atoms. The lowest BCUT2D eigenvalue weighted by molar-refractivity contribution is -0.121. The molecule has 1 aromatic carbocycles. The Bertz CT molecular complexity index is 733. The predicted octanol–water partition coefficient (Wildman–Crippen LogP) is 3.51. The van der Waals surface area contributed by atoms with Gasteiger partial charge in [0.25, 0.3) is 0 Å². The Labute approximate surface area is 159 Å². The van der Waals surface area contributed by atoms with E-state index >= 15 is 0 Å². The van der Waals surface area contributed by atoms with Crippen molar-refractivity contribution in [2.24, 2.45) is 5.92 Å². The zero-order valence-corrected chi connectivity index (χ0v) is 15.6. The minimum Gasteiger partial charge on any atom is -0.388 e. The molecule has 26 heavy (non-hydrogen) atoms. The number of aromatic nitrogens is 1. The van der Waals surface area contributed by atoms with Crippen molar-refractivity contribution in [3.63, 3.8) is 0 Å². The highest BCUT2D eigenvalue weighted by Gasteiger charge is 2.30. The van der Waals surface area contributed by atoms with Crippen molar-refractivity contribution in [1.29, 1.82) is 0 Å². The van der Waals surface area contributed by atoms with Crippen molar-refractivity contribution in [3.05, 3.63) is 59.4 Å². The van der Waals surface area contributed by atoms with E-state index in [0.717, 1.165) is 31.5 Å². The third kappa shape index (κ3) is 4.41. The van der Waals surface area contributed by atoms with E-state index in [9.17, 15) is 9.90 Å². The summed E-state index contributed by atoms with van der Waals surface area (Å²) in [6.07, 6.45) is 2.86. The monoisotopic (exact) mass is 373 g/mol. The van der Waals surface area contributed by atoms with Crippen molar-refractivity contribution >= 4 is 23.2 Å². The summed E-state index contributed by atoms with van der Waals surface area (Å²) in [6, 6.07) is 13.0. The number of pyridine rings is 1. The number of carbonyl (C=O) groups excluding carboxylic acids is 1. The molecule has 138 valence electrons. The van der Waals surface area contributed by atoms with Crippen molar-refractivity contribution in [2.45, 2.75) is 31.9 Å². The molecule has 1 aliphatic heterocycles. The van der Waals surface area contributed by atoms with Crippen LogP contribution in [0.2, 0.25) is 5.15 Å². The number of rotatable bonds is 5. The molecule has 2 unspecified atom stereocenters. The van der Waals surface area contributed by atoms with Crippen LogP contribution in [0.4, 0.5) is 5.69 Å². The Morgan fingerprint density at radius 1 is 1.23 bits per heavy atom. The fourth-order valence-electron chi connectivity index (χ4n) is 3.43. The number of carbonyl (C=O) groups is 1. The maximum Gasteiger partial charge on any atom is 0.241 e. The molecule has 0 radical (unpaired) electrons. The molecule has 1 aromatic heterocycles. The van der Waals surface area contributed by atoms with E-state index in [1.165, 1.54) is 0 Å². The van der Waals surface area contributed by atoms with Gasteiger partial charge in [-0.25, -0.2) is 4.98 Å². The van der Waals surface area contributed by atoms with E-state index in [1.54, 1.807) is 18.3 Å². The van der Waals surface area contributed by atoms with E-state index in [4.69, 9.17) is 11.6 Å². The Morgan fingerprint density at radius 2 is 1.92 bits per heavy atom. The van der Waals surface area contributed by atoms with E-state index in [-0.39, 0.29) is 23.0 Å². The van der Waals surface area contributed by atoms with Crippen LogP contribution in [0.5, 0.6) is 0 Å². The number of piperidine rings is 1. The minimum atomic E-state index is -0.448. The third-order valence-electron chi connectivity index (χ3n) is 5.11. The van der Waals surface area contributed by atoms with Gasteiger partial charge in [-0.3, -0.25) is 9.69 Å². The van der Waals surface area contributed by atoms with Gasteiger partial charge in [-0.05, 0) is 56.5 Å². The molecule has 2 aromatic rings. The fourth-order valence-corrected chi connectivity index (χ4v) is 3.59. The number of hydrogen-bond donors (Lipinski definition) is 2. The van der Waals surface area contributed by atoms with Gasteiger partial charge in [-0.1, -0.05) is 41.9 Å². The first-order valence-electron chi connectivity index (χ1n) is 8.94. The molecular weight excluding hydrogens is 350 g/mol. The lowest BCUT2D eigenvalue weighted by Crippen LogP contribution is -2.46. The fraction of sp³-hybridized carbons (Fsp3) is 0.400. The second-order valence-electron chi connectivity index (χ2n) is 6.74. The topological polar surface area (TPSA) is 65.5 Å². The van der Waals surface area contributed by atoms with Gasteiger partial charge >= 0.3 is 0 Å². The zero-order chi connectivity index (χ0) is 18.5. The molecule has 0 saturated carbocycles. The Kier molecular flexibility index (Phi) is 6.25. The number of likely N-dealkylation sites (tertiary alicyclic amines) is 1. The normalized spacial score (nSPS) is 18.3. The molecule has 0 bridgehead atoms. The molecule has 2 heterocycles. The molecule has 2 N–H and O–H groups in total. The molecule has 1 saturated heterocycles. The molecule has 2 atom stereocenters. The van der Waals surface area contributed by atoms with Crippen LogP contribution in [-0.2, 0) is 4.79 Å². The molecule has 1 aliphatic rings. The Balaban J connectivity index is 1.54. The number of aliphatic hydroxyl groups excluding tert-OH is 1. The number of benzene rings is 1. The van der Waals surface area contributed by atoms with Gasteiger partial charge < -0.3 is 10.4 Å². The van der Waals surface area contributed by atoms with Gasteiger partial charge in [0.1, 0.15) is 0 Å². The molecule has 5 nitrogen and oxygen atoms in total. The summed E-state index contributed by atoms with van der Waals surface area (Å²) < 4.78 is 0. The van der Waals surface area contributed by atoms with Gasteiger partial charge in [0.05, 0.1) is 17.8 Å². The molecule has 1 amide bonds. The summed E-state index contributed by atoms with van der Waals surface area (Å²) in [5, 5.41) is 13.7. The largest absolute Gasteiger partial charge is 0.388 e. The maximum atomic E-state index is 12.5. The Morgan fingerprint density at radius 3 is 2.58 bits per heavy atom. The summed E-state index contributed by atoms with van der Waals surface area (Å²) in [7, 11) is 0. The first-order valence-corrected chi connectivity index (χ1v) is 9.32. The van der Waals surface area contributed by atoms with Gasteiger partial charge in [0, 0.05) is 6.20 Å². The third-order valence-corrected chi connectivity index (χ3v) is 5.41. The quantitative estimate of drug-likeness (QED) is 0.787. The van der Waals surface area contributed by atoms with Crippen molar-refractivity contribution in [3.8, 4) is 0 Å². The molecule has 0 aliphatic carbocycles. The molecular formula is C20H24ClN3O2. The van der Waals surface area contributed by atoms with Crippen LogP contribution in [0.15, 0.2) is 48.7 Å². The highest BCUT2D eigenvalue weighted by atomic mass is 35.5. The first-order chi connectivity index (χ1) is 12.6. The van der Waals surface area contributed by atoms with E-state index in [0.29, 0.717) is 5.69 Å². The summed E-state index contributed by atoms with van der Waals surface area (Å²) in [5.41, 5.74) is 1.49. The van der Waals surface area contributed by atoms with Crippen molar-refractivity contribution in [2.75, 3.05) is 18.4 Å². The highest BCUT2D eigenvalue weighted by Crippen LogP contribution is 2.31. The number of nitrogens with zero attached hydrogens (tertiary/aromatic N) is 2.